The van der Waals surface area contributed by atoms with Crippen LogP contribution < -0.4 is 4.74 Å². The van der Waals surface area contributed by atoms with Crippen molar-refractivity contribution >= 4 is 17.7 Å². The van der Waals surface area contributed by atoms with Crippen LogP contribution in [0.4, 0.5) is 4.39 Å². The molecule has 1 aromatic carbocycles. The summed E-state index contributed by atoms with van der Waals surface area (Å²) in [6, 6.07) is 10.2. The molecule has 1 aliphatic rings. The largest absolute Gasteiger partial charge is 0.458 e. The number of carbonyl (C=O) groups excluding carboxylic acids is 1. The zero-order chi connectivity index (χ0) is 16.8. The van der Waals surface area contributed by atoms with E-state index in [9.17, 15) is 9.18 Å². The van der Waals surface area contributed by atoms with E-state index >= 15 is 0 Å². The molecule has 2 heterocycles. The quantitative estimate of drug-likeness (QED) is 0.804. The number of hydrogen-bond acceptors (Lipinski definition) is 5. The molecule has 1 aliphatic heterocycles. The summed E-state index contributed by atoms with van der Waals surface area (Å²) in [4.78, 5) is 21.6. The number of ether oxygens (including phenoxy) is 1. The first-order valence-corrected chi connectivity index (χ1v) is 8.90. The average Bonchev–Trinajstić information content (AvgIpc) is 3.06. The van der Waals surface area contributed by atoms with Gasteiger partial charge in [-0.3, -0.25) is 4.79 Å². The molecule has 126 valence electrons. The second kappa shape index (κ2) is 8.10. The number of aromatic nitrogens is 2. The van der Waals surface area contributed by atoms with Crippen molar-refractivity contribution in [3.63, 3.8) is 0 Å². The Labute approximate surface area is 144 Å². The number of rotatable bonds is 6. The second-order valence-electron chi connectivity index (χ2n) is 5.53. The van der Waals surface area contributed by atoms with Crippen LogP contribution in [-0.2, 0) is 10.5 Å². The van der Waals surface area contributed by atoms with E-state index in [2.05, 4.69) is 22.1 Å². The van der Waals surface area contributed by atoms with Crippen LogP contribution in [-0.4, -0.2) is 45.7 Å². The molecule has 2 aromatic rings. The van der Waals surface area contributed by atoms with Gasteiger partial charge in [0.2, 0.25) is 5.91 Å². The monoisotopic (exact) mass is 347 g/mol. The lowest BCUT2D eigenvalue weighted by atomic mass is 10.2. The predicted octanol–water partition coefficient (Wildman–Crippen LogP) is 2.53. The van der Waals surface area contributed by atoms with Gasteiger partial charge in [0.15, 0.2) is 5.82 Å². The Bertz CT molecular complexity index is 669. The van der Waals surface area contributed by atoms with E-state index in [0.717, 1.165) is 24.6 Å². The van der Waals surface area contributed by atoms with Crippen molar-refractivity contribution < 1.29 is 13.9 Å². The third-order valence-corrected chi connectivity index (χ3v) is 4.69. The van der Waals surface area contributed by atoms with Crippen molar-refractivity contribution in [2.24, 2.45) is 0 Å². The van der Waals surface area contributed by atoms with Gasteiger partial charge < -0.3 is 9.64 Å². The molecule has 0 saturated carbocycles. The van der Waals surface area contributed by atoms with Crippen molar-refractivity contribution in [1.82, 2.24) is 14.9 Å². The maximum Gasteiger partial charge on any atom is 0.316 e. The standard InChI is InChI=1S/C17H18FN3O2S/c18-14-8-19-17(20-9-14)23-15-6-7-21(10-15)16(22)12-24-11-13-4-2-1-3-5-13/h1-5,8-9,15H,6-7,10-12H2. The van der Waals surface area contributed by atoms with Crippen LogP contribution in [0.1, 0.15) is 12.0 Å². The van der Waals surface area contributed by atoms with Crippen molar-refractivity contribution in [2.75, 3.05) is 18.8 Å². The van der Waals surface area contributed by atoms with E-state index in [-0.39, 0.29) is 18.0 Å². The second-order valence-corrected chi connectivity index (χ2v) is 6.52. The number of amides is 1. The van der Waals surface area contributed by atoms with Crippen LogP contribution in [0, 0.1) is 5.82 Å². The van der Waals surface area contributed by atoms with Gasteiger partial charge in [-0.25, -0.2) is 14.4 Å². The zero-order valence-electron chi connectivity index (χ0n) is 13.1. The summed E-state index contributed by atoms with van der Waals surface area (Å²) < 4.78 is 18.4. The minimum atomic E-state index is -0.499. The van der Waals surface area contributed by atoms with E-state index in [1.54, 1.807) is 16.7 Å². The molecule has 0 spiro atoms. The Kier molecular flexibility index (Phi) is 5.63. The van der Waals surface area contributed by atoms with E-state index in [4.69, 9.17) is 4.74 Å². The maximum absolute atomic E-state index is 12.8. The first-order valence-electron chi connectivity index (χ1n) is 7.74. The molecule has 1 aromatic heterocycles. The average molecular weight is 347 g/mol. The Balaban J connectivity index is 1.41. The van der Waals surface area contributed by atoms with E-state index in [1.807, 2.05) is 18.2 Å². The van der Waals surface area contributed by atoms with Crippen LogP contribution in [0.5, 0.6) is 6.01 Å². The molecule has 1 unspecified atom stereocenters. The lowest BCUT2D eigenvalue weighted by Crippen LogP contribution is -2.32. The highest BCUT2D eigenvalue weighted by Gasteiger charge is 2.27. The topological polar surface area (TPSA) is 55.3 Å². The summed E-state index contributed by atoms with van der Waals surface area (Å²) in [6.07, 6.45) is 2.73. The van der Waals surface area contributed by atoms with Crippen molar-refractivity contribution in [2.45, 2.75) is 18.3 Å². The zero-order valence-corrected chi connectivity index (χ0v) is 13.9. The summed E-state index contributed by atoms with van der Waals surface area (Å²) in [5.74, 6) is 0.890. The van der Waals surface area contributed by atoms with Gasteiger partial charge in [-0.2, -0.15) is 0 Å². The van der Waals surface area contributed by atoms with Crippen molar-refractivity contribution in [3.05, 3.63) is 54.1 Å². The summed E-state index contributed by atoms with van der Waals surface area (Å²) in [5, 5.41) is 0. The molecule has 3 rings (SSSR count). The van der Waals surface area contributed by atoms with Crippen molar-refractivity contribution in [1.29, 1.82) is 0 Å². The highest BCUT2D eigenvalue weighted by molar-refractivity contribution is 7.99. The molecule has 5 nitrogen and oxygen atoms in total. The van der Waals surface area contributed by atoms with Crippen LogP contribution in [0.25, 0.3) is 0 Å². The maximum atomic E-state index is 12.8. The fraction of sp³-hybridized carbons (Fsp3) is 0.353. The van der Waals surface area contributed by atoms with Crippen LogP contribution >= 0.6 is 11.8 Å². The van der Waals surface area contributed by atoms with Gasteiger partial charge in [0.05, 0.1) is 24.7 Å². The van der Waals surface area contributed by atoms with E-state index in [0.29, 0.717) is 18.8 Å². The number of benzene rings is 1. The van der Waals surface area contributed by atoms with Gasteiger partial charge in [-0.15, -0.1) is 11.8 Å². The molecule has 24 heavy (non-hydrogen) atoms. The normalized spacial score (nSPS) is 17.0. The highest BCUT2D eigenvalue weighted by atomic mass is 32.2. The van der Waals surface area contributed by atoms with Gasteiger partial charge >= 0.3 is 6.01 Å². The molecule has 0 bridgehead atoms. The minimum absolute atomic E-state index is 0.113. The molecule has 0 N–H and O–H groups in total. The Morgan fingerprint density at radius 2 is 2.04 bits per heavy atom. The smallest absolute Gasteiger partial charge is 0.316 e. The van der Waals surface area contributed by atoms with Crippen molar-refractivity contribution in [3.8, 4) is 6.01 Å². The Morgan fingerprint density at radius 1 is 1.29 bits per heavy atom. The number of halogens is 1. The molecule has 0 aliphatic carbocycles. The van der Waals surface area contributed by atoms with Gasteiger partial charge in [0.1, 0.15) is 6.10 Å². The number of nitrogens with zero attached hydrogens (tertiary/aromatic N) is 3. The fourth-order valence-electron chi connectivity index (χ4n) is 2.48. The predicted molar refractivity (Wildman–Crippen MR) is 90.2 cm³/mol. The third kappa shape index (κ3) is 4.67. The molecular weight excluding hydrogens is 329 g/mol. The first kappa shape index (κ1) is 16.7. The van der Waals surface area contributed by atoms with Gasteiger partial charge in [0.25, 0.3) is 0 Å². The summed E-state index contributed by atoms with van der Waals surface area (Å²) in [5.41, 5.74) is 1.21. The number of hydrogen-bond donors (Lipinski definition) is 0. The molecular formula is C17H18FN3O2S. The van der Waals surface area contributed by atoms with Gasteiger partial charge in [-0.05, 0) is 5.56 Å². The SMILES string of the molecule is O=C(CSCc1ccccc1)N1CCC(Oc2ncc(F)cn2)C1. The van der Waals surface area contributed by atoms with Crippen LogP contribution in [0.2, 0.25) is 0 Å². The van der Waals surface area contributed by atoms with Crippen LogP contribution in [0.3, 0.4) is 0 Å². The lowest BCUT2D eigenvalue weighted by molar-refractivity contribution is -0.127. The summed E-state index contributed by atoms with van der Waals surface area (Å²) >= 11 is 1.61. The molecule has 1 saturated heterocycles. The molecule has 1 amide bonds. The Morgan fingerprint density at radius 3 is 2.79 bits per heavy atom. The van der Waals surface area contributed by atoms with Crippen LogP contribution in [0.15, 0.2) is 42.7 Å². The van der Waals surface area contributed by atoms with Gasteiger partial charge in [0, 0.05) is 18.7 Å². The Hall–Kier alpha value is -2.15. The number of thioether (sulfide) groups is 1. The van der Waals surface area contributed by atoms with E-state index < -0.39 is 5.82 Å². The lowest BCUT2D eigenvalue weighted by Gasteiger charge is -2.16. The molecule has 1 atom stereocenters. The summed E-state index contributed by atoms with van der Waals surface area (Å²) in [7, 11) is 0. The number of carbonyl (C=O) groups is 1. The third-order valence-electron chi connectivity index (χ3n) is 3.70. The first-order chi connectivity index (χ1) is 11.7. The summed E-state index contributed by atoms with van der Waals surface area (Å²) in [6.45, 7) is 1.18. The highest BCUT2D eigenvalue weighted by Crippen LogP contribution is 2.18. The fourth-order valence-corrected chi connectivity index (χ4v) is 3.37. The molecule has 1 fully saturated rings. The number of likely N-dealkylation sites (tertiary alicyclic amines) is 1. The van der Waals surface area contributed by atoms with Gasteiger partial charge in [-0.1, -0.05) is 30.3 Å². The molecule has 0 radical (unpaired) electrons. The minimum Gasteiger partial charge on any atom is -0.458 e. The van der Waals surface area contributed by atoms with E-state index in [1.165, 1.54) is 5.56 Å². The molecule has 7 heteroatoms.